The van der Waals surface area contributed by atoms with Crippen molar-refractivity contribution in [3.05, 3.63) is 34.1 Å². The maximum absolute atomic E-state index is 13.2. The van der Waals surface area contributed by atoms with E-state index in [1.54, 1.807) is 6.07 Å². The fourth-order valence-corrected chi connectivity index (χ4v) is 2.82. The van der Waals surface area contributed by atoms with E-state index in [4.69, 9.17) is 4.74 Å². The molecule has 1 saturated heterocycles. The van der Waals surface area contributed by atoms with Gasteiger partial charge in [-0.25, -0.2) is 4.39 Å². The molecule has 0 radical (unpaired) electrons. The van der Waals surface area contributed by atoms with E-state index in [-0.39, 0.29) is 17.8 Å². The molecule has 1 N–H and O–H groups in total. The Hall–Kier alpha value is -0.940. The fourth-order valence-electron chi connectivity index (χ4n) is 2.37. The van der Waals surface area contributed by atoms with Gasteiger partial charge in [-0.05, 0) is 43.5 Å². The van der Waals surface area contributed by atoms with Crippen molar-refractivity contribution >= 4 is 21.8 Å². The van der Waals surface area contributed by atoms with Crippen LogP contribution in [0.4, 0.5) is 4.39 Å². The largest absolute Gasteiger partial charge is 0.381 e. The second-order valence-corrected chi connectivity index (χ2v) is 6.07. The third kappa shape index (κ3) is 4.28. The SMILES string of the molecule is CC(NC(=O)CCc1cc(F)ccc1Br)C1CCOC1. The van der Waals surface area contributed by atoms with Crippen molar-refractivity contribution in [3.63, 3.8) is 0 Å². The molecule has 0 spiro atoms. The summed E-state index contributed by atoms with van der Waals surface area (Å²) in [5, 5.41) is 3.00. The molecule has 5 heteroatoms. The monoisotopic (exact) mass is 343 g/mol. The van der Waals surface area contributed by atoms with Gasteiger partial charge in [0.05, 0.1) is 6.61 Å². The molecule has 0 aliphatic carbocycles. The van der Waals surface area contributed by atoms with Crippen molar-refractivity contribution in [2.45, 2.75) is 32.2 Å². The molecule has 0 bridgehead atoms. The Labute approximate surface area is 127 Å². The highest BCUT2D eigenvalue weighted by Crippen LogP contribution is 2.20. The molecular formula is C15H19BrFNO2. The van der Waals surface area contributed by atoms with Crippen molar-refractivity contribution in [1.29, 1.82) is 0 Å². The zero-order valence-corrected chi connectivity index (χ0v) is 13.1. The van der Waals surface area contributed by atoms with Crippen molar-refractivity contribution in [2.75, 3.05) is 13.2 Å². The van der Waals surface area contributed by atoms with Crippen LogP contribution < -0.4 is 5.32 Å². The van der Waals surface area contributed by atoms with E-state index in [1.165, 1.54) is 12.1 Å². The lowest BCUT2D eigenvalue weighted by Gasteiger charge is -2.19. The van der Waals surface area contributed by atoms with Gasteiger partial charge >= 0.3 is 0 Å². The minimum atomic E-state index is -0.278. The van der Waals surface area contributed by atoms with E-state index in [2.05, 4.69) is 21.2 Å². The van der Waals surface area contributed by atoms with E-state index in [9.17, 15) is 9.18 Å². The van der Waals surface area contributed by atoms with Crippen LogP contribution in [-0.4, -0.2) is 25.2 Å². The normalized spacial score (nSPS) is 19.9. The van der Waals surface area contributed by atoms with Gasteiger partial charge in [-0.3, -0.25) is 4.79 Å². The van der Waals surface area contributed by atoms with Gasteiger partial charge in [-0.2, -0.15) is 0 Å². The summed E-state index contributed by atoms with van der Waals surface area (Å²) in [6.07, 6.45) is 1.88. The van der Waals surface area contributed by atoms with Crippen molar-refractivity contribution in [1.82, 2.24) is 5.32 Å². The second-order valence-electron chi connectivity index (χ2n) is 5.22. The van der Waals surface area contributed by atoms with Gasteiger partial charge < -0.3 is 10.1 Å². The molecule has 1 aromatic carbocycles. The first-order valence-electron chi connectivity index (χ1n) is 6.87. The van der Waals surface area contributed by atoms with Crippen LogP contribution in [0.5, 0.6) is 0 Å². The average Bonchev–Trinajstić information content (AvgIpc) is 2.94. The number of rotatable bonds is 5. The Bertz CT molecular complexity index is 475. The maximum Gasteiger partial charge on any atom is 0.220 e. The van der Waals surface area contributed by atoms with Gasteiger partial charge in [0.25, 0.3) is 0 Å². The standard InChI is InChI=1S/C15H19BrFNO2/c1-10(12-6-7-20-9-12)18-15(19)5-2-11-8-13(17)3-4-14(11)16/h3-4,8,10,12H,2,5-7,9H2,1H3,(H,18,19). The molecule has 1 aromatic rings. The van der Waals surface area contributed by atoms with Crippen LogP contribution in [-0.2, 0) is 16.0 Å². The lowest BCUT2D eigenvalue weighted by Crippen LogP contribution is -2.38. The van der Waals surface area contributed by atoms with Gasteiger partial charge in [0.1, 0.15) is 5.82 Å². The number of amides is 1. The van der Waals surface area contributed by atoms with E-state index < -0.39 is 0 Å². The summed E-state index contributed by atoms with van der Waals surface area (Å²) in [4.78, 5) is 11.9. The average molecular weight is 344 g/mol. The Morgan fingerprint density at radius 2 is 2.40 bits per heavy atom. The van der Waals surface area contributed by atoms with Crippen molar-refractivity contribution in [2.24, 2.45) is 5.92 Å². The van der Waals surface area contributed by atoms with E-state index in [1.807, 2.05) is 6.92 Å². The topological polar surface area (TPSA) is 38.3 Å². The minimum absolute atomic E-state index is 0.000520. The molecule has 0 aromatic heterocycles. The third-order valence-electron chi connectivity index (χ3n) is 3.69. The summed E-state index contributed by atoms with van der Waals surface area (Å²) < 4.78 is 19.3. The first-order chi connectivity index (χ1) is 9.56. The minimum Gasteiger partial charge on any atom is -0.381 e. The molecule has 110 valence electrons. The zero-order chi connectivity index (χ0) is 14.5. The number of hydrogen-bond acceptors (Lipinski definition) is 2. The van der Waals surface area contributed by atoms with Crippen LogP contribution in [0.2, 0.25) is 0 Å². The Morgan fingerprint density at radius 3 is 3.10 bits per heavy atom. The number of nitrogens with one attached hydrogen (secondary N) is 1. The Morgan fingerprint density at radius 1 is 1.60 bits per heavy atom. The number of aryl methyl sites for hydroxylation is 1. The lowest BCUT2D eigenvalue weighted by atomic mass is 10.0. The molecule has 1 amide bonds. The maximum atomic E-state index is 13.2. The summed E-state index contributed by atoms with van der Waals surface area (Å²) in [7, 11) is 0. The van der Waals surface area contributed by atoms with E-state index >= 15 is 0 Å². The van der Waals surface area contributed by atoms with Crippen LogP contribution >= 0.6 is 15.9 Å². The molecule has 20 heavy (non-hydrogen) atoms. The van der Waals surface area contributed by atoms with Crippen LogP contribution in [0.15, 0.2) is 22.7 Å². The fraction of sp³-hybridized carbons (Fsp3) is 0.533. The predicted octanol–water partition coefficient (Wildman–Crippen LogP) is 3.06. The Balaban J connectivity index is 1.81. The molecule has 1 fully saturated rings. The summed E-state index contributed by atoms with van der Waals surface area (Å²) >= 11 is 3.37. The first-order valence-corrected chi connectivity index (χ1v) is 7.66. The number of carbonyl (C=O) groups is 1. The van der Waals surface area contributed by atoms with Gasteiger partial charge in [0.15, 0.2) is 0 Å². The van der Waals surface area contributed by atoms with Crippen molar-refractivity contribution in [3.8, 4) is 0 Å². The first kappa shape index (κ1) is 15.4. The van der Waals surface area contributed by atoms with E-state index in [0.717, 1.165) is 29.7 Å². The van der Waals surface area contributed by atoms with Crippen LogP contribution in [0.3, 0.4) is 0 Å². The third-order valence-corrected chi connectivity index (χ3v) is 4.46. The van der Waals surface area contributed by atoms with Crippen LogP contribution in [0, 0.1) is 11.7 Å². The number of hydrogen-bond donors (Lipinski definition) is 1. The van der Waals surface area contributed by atoms with E-state index in [0.29, 0.717) is 18.8 Å². The molecule has 1 aliphatic heterocycles. The van der Waals surface area contributed by atoms with Crippen LogP contribution in [0.1, 0.15) is 25.3 Å². The number of carbonyl (C=O) groups excluding carboxylic acids is 1. The predicted molar refractivity (Wildman–Crippen MR) is 79.0 cm³/mol. The number of halogens is 2. The summed E-state index contributed by atoms with van der Waals surface area (Å²) in [5.41, 5.74) is 0.817. The van der Waals surface area contributed by atoms with Crippen LogP contribution in [0.25, 0.3) is 0 Å². The Kier molecular flexibility index (Phi) is 5.54. The molecule has 1 aliphatic rings. The summed E-state index contributed by atoms with van der Waals surface area (Å²) in [6, 6.07) is 4.66. The van der Waals surface area contributed by atoms with Gasteiger partial charge in [0.2, 0.25) is 5.91 Å². The molecule has 2 rings (SSSR count). The molecule has 2 atom stereocenters. The number of benzene rings is 1. The van der Waals surface area contributed by atoms with Gasteiger partial charge in [-0.15, -0.1) is 0 Å². The highest BCUT2D eigenvalue weighted by molar-refractivity contribution is 9.10. The van der Waals surface area contributed by atoms with Crippen molar-refractivity contribution < 1.29 is 13.9 Å². The lowest BCUT2D eigenvalue weighted by molar-refractivity contribution is -0.122. The van der Waals surface area contributed by atoms with Gasteiger partial charge in [-0.1, -0.05) is 15.9 Å². The molecular weight excluding hydrogens is 325 g/mol. The number of ether oxygens (including phenoxy) is 1. The zero-order valence-electron chi connectivity index (χ0n) is 11.5. The molecule has 3 nitrogen and oxygen atoms in total. The molecule has 0 saturated carbocycles. The summed E-state index contributed by atoms with van der Waals surface area (Å²) in [5.74, 6) is 0.125. The smallest absolute Gasteiger partial charge is 0.220 e. The molecule has 2 unspecified atom stereocenters. The second kappa shape index (κ2) is 7.18. The molecule has 1 heterocycles. The highest BCUT2D eigenvalue weighted by Gasteiger charge is 2.23. The van der Waals surface area contributed by atoms with Gasteiger partial charge in [0, 0.05) is 29.5 Å². The summed E-state index contributed by atoms with van der Waals surface area (Å²) in [6.45, 7) is 3.51. The highest BCUT2D eigenvalue weighted by atomic mass is 79.9. The quantitative estimate of drug-likeness (QED) is 0.892.